The van der Waals surface area contributed by atoms with E-state index in [1.807, 2.05) is 25.1 Å². The first-order valence-electron chi connectivity index (χ1n) is 5.19. The van der Waals surface area contributed by atoms with Crippen LogP contribution >= 0.6 is 23.4 Å². The minimum Gasteiger partial charge on any atom is -0.298 e. The van der Waals surface area contributed by atoms with Crippen LogP contribution in [0.2, 0.25) is 5.02 Å². The van der Waals surface area contributed by atoms with Crippen LogP contribution < -0.4 is 0 Å². The lowest BCUT2D eigenvalue weighted by atomic mass is 10.2. The summed E-state index contributed by atoms with van der Waals surface area (Å²) in [5, 5.41) is 0.612. The summed E-state index contributed by atoms with van der Waals surface area (Å²) in [6, 6.07) is 13.5. The molecule has 2 aromatic rings. The van der Waals surface area contributed by atoms with Gasteiger partial charge in [-0.25, -0.2) is 0 Å². The summed E-state index contributed by atoms with van der Waals surface area (Å²) in [4.78, 5) is 12.9. The van der Waals surface area contributed by atoms with Crippen LogP contribution in [-0.4, -0.2) is 6.29 Å². The van der Waals surface area contributed by atoms with Crippen molar-refractivity contribution in [2.75, 3.05) is 0 Å². The molecule has 2 aromatic carbocycles. The number of hydrogen-bond donors (Lipinski definition) is 0. The van der Waals surface area contributed by atoms with Crippen molar-refractivity contribution in [3.63, 3.8) is 0 Å². The highest BCUT2D eigenvalue weighted by Crippen LogP contribution is 2.35. The summed E-state index contributed by atoms with van der Waals surface area (Å²) in [5.74, 6) is 0. The highest BCUT2D eigenvalue weighted by atomic mass is 35.5. The predicted octanol–water partition coefficient (Wildman–Crippen LogP) is 4.61. The van der Waals surface area contributed by atoms with E-state index in [1.54, 1.807) is 18.2 Å². The SMILES string of the molecule is Cc1cccc(Sc2c(Cl)cccc2C=O)c1. The van der Waals surface area contributed by atoms with Crippen LogP contribution in [0.5, 0.6) is 0 Å². The van der Waals surface area contributed by atoms with E-state index in [2.05, 4.69) is 6.07 Å². The van der Waals surface area contributed by atoms with E-state index >= 15 is 0 Å². The molecule has 0 fully saturated rings. The first-order chi connectivity index (χ1) is 8.20. The molecule has 17 heavy (non-hydrogen) atoms. The van der Waals surface area contributed by atoms with Gasteiger partial charge in [-0.15, -0.1) is 0 Å². The van der Waals surface area contributed by atoms with E-state index in [0.29, 0.717) is 10.6 Å². The lowest BCUT2D eigenvalue weighted by molar-refractivity contribution is 0.112. The van der Waals surface area contributed by atoms with Crippen molar-refractivity contribution in [2.45, 2.75) is 16.7 Å². The summed E-state index contributed by atoms with van der Waals surface area (Å²) in [7, 11) is 0. The maximum Gasteiger partial charge on any atom is 0.151 e. The first kappa shape index (κ1) is 12.2. The Morgan fingerprint density at radius 3 is 2.65 bits per heavy atom. The maximum absolute atomic E-state index is 11.0. The first-order valence-corrected chi connectivity index (χ1v) is 6.38. The molecule has 0 aliphatic heterocycles. The summed E-state index contributed by atoms with van der Waals surface area (Å²) < 4.78 is 0. The predicted molar refractivity (Wildman–Crippen MR) is 72.1 cm³/mol. The molecule has 3 heteroatoms. The van der Waals surface area contributed by atoms with E-state index in [4.69, 9.17) is 11.6 Å². The monoisotopic (exact) mass is 262 g/mol. The third kappa shape index (κ3) is 2.90. The van der Waals surface area contributed by atoms with E-state index in [0.717, 1.165) is 16.1 Å². The average Bonchev–Trinajstić information content (AvgIpc) is 2.32. The number of halogens is 1. The van der Waals surface area contributed by atoms with Crippen LogP contribution in [-0.2, 0) is 0 Å². The minimum absolute atomic E-state index is 0.612. The minimum atomic E-state index is 0.612. The molecular formula is C14H11ClOS. The Bertz CT molecular complexity index is 552. The molecule has 86 valence electrons. The molecule has 0 atom stereocenters. The molecule has 0 aromatic heterocycles. The van der Waals surface area contributed by atoms with Crippen LogP contribution in [0.3, 0.4) is 0 Å². The van der Waals surface area contributed by atoms with Gasteiger partial charge in [0.05, 0.1) is 5.02 Å². The van der Waals surface area contributed by atoms with Gasteiger partial charge in [-0.05, 0) is 25.1 Å². The highest BCUT2D eigenvalue weighted by Gasteiger charge is 2.08. The topological polar surface area (TPSA) is 17.1 Å². The van der Waals surface area contributed by atoms with Crippen molar-refractivity contribution in [1.82, 2.24) is 0 Å². The lowest BCUT2D eigenvalue weighted by Gasteiger charge is -2.07. The van der Waals surface area contributed by atoms with E-state index in [1.165, 1.54) is 17.3 Å². The second-order valence-corrected chi connectivity index (χ2v) is 5.19. The fourth-order valence-corrected chi connectivity index (χ4v) is 2.85. The van der Waals surface area contributed by atoms with E-state index in [-0.39, 0.29) is 0 Å². The molecule has 0 bridgehead atoms. The molecule has 0 radical (unpaired) electrons. The molecule has 1 nitrogen and oxygen atoms in total. The van der Waals surface area contributed by atoms with Gasteiger partial charge in [0.15, 0.2) is 6.29 Å². The Hall–Kier alpha value is -1.25. The summed E-state index contributed by atoms with van der Waals surface area (Å²) in [6.45, 7) is 2.04. The zero-order valence-corrected chi connectivity index (χ0v) is 10.9. The number of carbonyl (C=O) groups excluding carboxylic acids is 1. The smallest absolute Gasteiger partial charge is 0.151 e. The molecule has 0 N–H and O–H groups in total. The van der Waals surface area contributed by atoms with Gasteiger partial charge >= 0.3 is 0 Å². The summed E-state index contributed by atoms with van der Waals surface area (Å²) in [5.41, 5.74) is 1.82. The Morgan fingerprint density at radius 2 is 1.94 bits per heavy atom. The zero-order valence-electron chi connectivity index (χ0n) is 9.31. The molecule has 0 saturated heterocycles. The number of aldehydes is 1. The van der Waals surface area contributed by atoms with Gasteiger partial charge < -0.3 is 0 Å². The van der Waals surface area contributed by atoms with Crippen molar-refractivity contribution < 1.29 is 4.79 Å². The van der Waals surface area contributed by atoms with Crippen LogP contribution in [0.15, 0.2) is 52.3 Å². The molecule has 2 rings (SSSR count). The molecule has 0 amide bonds. The van der Waals surface area contributed by atoms with Crippen LogP contribution in [0.1, 0.15) is 15.9 Å². The van der Waals surface area contributed by atoms with E-state index in [9.17, 15) is 4.79 Å². The quantitative estimate of drug-likeness (QED) is 0.752. The van der Waals surface area contributed by atoms with Gasteiger partial charge in [-0.2, -0.15) is 0 Å². The Labute approximate surface area is 110 Å². The normalized spacial score (nSPS) is 10.2. The van der Waals surface area contributed by atoms with Gasteiger partial charge in [0.1, 0.15) is 0 Å². The van der Waals surface area contributed by atoms with Crippen molar-refractivity contribution in [1.29, 1.82) is 0 Å². The molecule has 0 aliphatic carbocycles. The number of aryl methyl sites for hydroxylation is 1. The van der Waals surface area contributed by atoms with Gasteiger partial charge in [0, 0.05) is 15.4 Å². The molecule has 0 saturated carbocycles. The van der Waals surface area contributed by atoms with Gasteiger partial charge in [-0.3, -0.25) is 4.79 Å². The maximum atomic E-state index is 11.0. The Morgan fingerprint density at radius 1 is 1.18 bits per heavy atom. The van der Waals surface area contributed by atoms with Crippen molar-refractivity contribution in [3.05, 3.63) is 58.6 Å². The van der Waals surface area contributed by atoms with Gasteiger partial charge in [-0.1, -0.05) is 53.2 Å². The second-order valence-electron chi connectivity index (χ2n) is 3.69. The lowest BCUT2D eigenvalue weighted by Crippen LogP contribution is -1.86. The Balaban J connectivity index is 2.39. The third-order valence-corrected chi connectivity index (χ3v) is 3.91. The van der Waals surface area contributed by atoms with Gasteiger partial charge in [0.2, 0.25) is 0 Å². The van der Waals surface area contributed by atoms with Crippen LogP contribution in [0, 0.1) is 6.92 Å². The molecule has 0 heterocycles. The largest absolute Gasteiger partial charge is 0.298 e. The third-order valence-electron chi connectivity index (χ3n) is 2.33. The zero-order chi connectivity index (χ0) is 12.3. The number of carbonyl (C=O) groups is 1. The highest BCUT2D eigenvalue weighted by molar-refractivity contribution is 7.99. The molecule has 0 spiro atoms. The molecule has 0 unspecified atom stereocenters. The summed E-state index contributed by atoms with van der Waals surface area (Å²) >= 11 is 7.63. The van der Waals surface area contributed by atoms with Crippen molar-refractivity contribution in [2.24, 2.45) is 0 Å². The fraction of sp³-hybridized carbons (Fsp3) is 0.0714. The number of hydrogen-bond acceptors (Lipinski definition) is 2. The molecular weight excluding hydrogens is 252 g/mol. The van der Waals surface area contributed by atoms with Crippen LogP contribution in [0.25, 0.3) is 0 Å². The van der Waals surface area contributed by atoms with Crippen LogP contribution in [0.4, 0.5) is 0 Å². The fourth-order valence-electron chi connectivity index (χ4n) is 1.52. The van der Waals surface area contributed by atoms with Gasteiger partial charge in [0.25, 0.3) is 0 Å². The standard InChI is InChI=1S/C14H11ClOS/c1-10-4-2-6-12(8-10)17-14-11(9-16)5-3-7-13(14)15/h2-9H,1H3. The second kappa shape index (κ2) is 5.39. The Kier molecular flexibility index (Phi) is 3.87. The number of rotatable bonds is 3. The van der Waals surface area contributed by atoms with Crippen molar-refractivity contribution >= 4 is 29.6 Å². The molecule has 0 aliphatic rings. The van der Waals surface area contributed by atoms with E-state index < -0.39 is 0 Å². The van der Waals surface area contributed by atoms with Crippen molar-refractivity contribution in [3.8, 4) is 0 Å². The number of benzene rings is 2. The summed E-state index contributed by atoms with van der Waals surface area (Å²) in [6.07, 6.45) is 0.837. The average molecular weight is 263 g/mol.